The molecule has 0 saturated heterocycles. The zero-order chi connectivity index (χ0) is 16.9. The minimum atomic E-state index is -0.300. The maximum Gasteiger partial charge on any atom is 0.218 e. The lowest BCUT2D eigenvalue weighted by Crippen LogP contribution is -2.11. The Morgan fingerprint density at radius 1 is 1.21 bits per heavy atom. The number of hydrogen-bond acceptors (Lipinski definition) is 4. The van der Waals surface area contributed by atoms with Crippen LogP contribution in [0.3, 0.4) is 0 Å². The third kappa shape index (κ3) is 3.54. The van der Waals surface area contributed by atoms with Gasteiger partial charge in [-0.1, -0.05) is 23.9 Å². The number of carbonyl (C=O) groups excluding carboxylic acids is 1. The van der Waals surface area contributed by atoms with Crippen LogP contribution in [0.2, 0.25) is 0 Å². The van der Waals surface area contributed by atoms with Crippen LogP contribution in [-0.2, 0) is 4.79 Å². The highest BCUT2D eigenvalue weighted by Gasteiger charge is 2.13. The monoisotopic (exact) mass is 341 g/mol. The smallest absolute Gasteiger partial charge is 0.218 e. The maximum atomic E-state index is 11.0. The highest BCUT2D eigenvalue weighted by atomic mass is 32.2. The molecule has 0 aliphatic rings. The summed E-state index contributed by atoms with van der Waals surface area (Å²) in [7, 11) is 0. The fourth-order valence-corrected chi connectivity index (χ4v) is 3.43. The van der Waals surface area contributed by atoms with Gasteiger partial charge in [-0.05, 0) is 43.3 Å². The Labute approximate surface area is 144 Å². The number of carbonyl (C=O) groups is 1. The number of para-hydroxylation sites is 2. The van der Waals surface area contributed by atoms with Gasteiger partial charge >= 0.3 is 0 Å². The normalized spacial score (nSPS) is 10.9. The molecule has 1 amide bonds. The van der Waals surface area contributed by atoms with Gasteiger partial charge in [0.25, 0.3) is 0 Å². The molecule has 0 atom stereocenters. The quantitative estimate of drug-likeness (QED) is 0.669. The standard InChI is InChI=1S/C18H19N3O2S/c1-2-23-14-9-7-13(8-10-14)21-16-6-4-3-5-15(16)20-18(21)24-12-11-17(19)22/h3-10H,2,11-12H2,1H3,(H2,19,22). The van der Waals surface area contributed by atoms with Crippen LogP contribution in [-0.4, -0.2) is 27.8 Å². The third-order valence-corrected chi connectivity index (χ3v) is 4.46. The summed E-state index contributed by atoms with van der Waals surface area (Å²) in [6, 6.07) is 15.9. The molecule has 5 nitrogen and oxygen atoms in total. The summed E-state index contributed by atoms with van der Waals surface area (Å²) >= 11 is 1.53. The van der Waals surface area contributed by atoms with Crippen LogP contribution in [0.25, 0.3) is 16.7 Å². The average molecular weight is 341 g/mol. The van der Waals surface area contributed by atoms with E-state index in [-0.39, 0.29) is 5.91 Å². The van der Waals surface area contributed by atoms with Crippen LogP contribution in [0.4, 0.5) is 0 Å². The first-order valence-corrected chi connectivity index (χ1v) is 8.79. The van der Waals surface area contributed by atoms with Crippen LogP contribution in [0.5, 0.6) is 5.75 Å². The number of nitrogens with two attached hydrogens (primary N) is 1. The molecule has 6 heteroatoms. The molecule has 0 unspecified atom stereocenters. The fourth-order valence-electron chi connectivity index (χ4n) is 2.45. The molecular formula is C18H19N3O2S. The van der Waals surface area contributed by atoms with Gasteiger partial charge in [0.05, 0.1) is 17.6 Å². The largest absolute Gasteiger partial charge is 0.494 e. The van der Waals surface area contributed by atoms with E-state index in [1.54, 1.807) is 0 Å². The van der Waals surface area contributed by atoms with E-state index in [0.29, 0.717) is 18.8 Å². The number of primary amides is 1. The Morgan fingerprint density at radius 2 is 1.96 bits per heavy atom. The summed E-state index contributed by atoms with van der Waals surface area (Å²) < 4.78 is 7.60. The average Bonchev–Trinajstić information content (AvgIpc) is 2.94. The van der Waals surface area contributed by atoms with Crippen LogP contribution in [0.15, 0.2) is 53.7 Å². The van der Waals surface area contributed by atoms with Gasteiger partial charge in [0.2, 0.25) is 5.91 Å². The van der Waals surface area contributed by atoms with Crippen molar-refractivity contribution in [3.63, 3.8) is 0 Å². The summed E-state index contributed by atoms with van der Waals surface area (Å²) in [6.07, 6.45) is 0.331. The van der Waals surface area contributed by atoms with Gasteiger partial charge in [-0.3, -0.25) is 9.36 Å². The second-order valence-electron chi connectivity index (χ2n) is 5.21. The zero-order valence-corrected chi connectivity index (χ0v) is 14.3. The molecular weight excluding hydrogens is 322 g/mol. The number of hydrogen-bond donors (Lipinski definition) is 1. The molecule has 3 aromatic rings. The number of nitrogens with zero attached hydrogens (tertiary/aromatic N) is 2. The Bertz CT molecular complexity index is 843. The van der Waals surface area contributed by atoms with Crippen molar-refractivity contribution in [1.82, 2.24) is 9.55 Å². The second kappa shape index (κ2) is 7.40. The topological polar surface area (TPSA) is 70.1 Å². The van der Waals surface area contributed by atoms with Gasteiger partial charge in [0.15, 0.2) is 5.16 Å². The Morgan fingerprint density at radius 3 is 2.67 bits per heavy atom. The zero-order valence-electron chi connectivity index (χ0n) is 13.4. The molecule has 1 heterocycles. The first-order chi connectivity index (χ1) is 11.7. The van der Waals surface area contributed by atoms with Crippen molar-refractivity contribution in [3.05, 3.63) is 48.5 Å². The predicted molar refractivity (Wildman–Crippen MR) is 96.8 cm³/mol. The maximum absolute atomic E-state index is 11.0. The Kier molecular flexibility index (Phi) is 5.05. The lowest BCUT2D eigenvalue weighted by Gasteiger charge is -2.10. The van der Waals surface area contributed by atoms with Crippen molar-refractivity contribution in [2.75, 3.05) is 12.4 Å². The number of fused-ring (bicyclic) bond motifs is 1. The third-order valence-electron chi connectivity index (χ3n) is 3.52. The molecule has 2 aromatic carbocycles. The number of ether oxygens (including phenoxy) is 1. The minimum absolute atomic E-state index is 0.300. The Balaban J connectivity index is 1.98. The van der Waals surface area contributed by atoms with E-state index >= 15 is 0 Å². The van der Waals surface area contributed by atoms with Crippen molar-refractivity contribution < 1.29 is 9.53 Å². The van der Waals surface area contributed by atoms with E-state index in [9.17, 15) is 4.79 Å². The molecule has 3 rings (SSSR count). The number of benzene rings is 2. The highest BCUT2D eigenvalue weighted by molar-refractivity contribution is 7.99. The number of aromatic nitrogens is 2. The summed E-state index contributed by atoms with van der Waals surface area (Å²) in [5.41, 5.74) is 8.20. The predicted octanol–water partition coefficient (Wildman–Crippen LogP) is 3.39. The molecule has 2 N–H and O–H groups in total. The highest BCUT2D eigenvalue weighted by Crippen LogP contribution is 2.29. The molecule has 0 aliphatic carbocycles. The molecule has 0 spiro atoms. The number of thioether (sulfide) groups is 1. The molecule has 1 aromatic heterocycles. The van der Waals surface area contributed by atoms with Gasteiger partial charge in [0, 0.05) is 17.9 Å². The van der Waals surface area contributed by atoms with E-state index < -0.39 is 0 Å². The SMILES string of the molecule is CCOc1ccc(-n2c(SCCC(N)=O)nc3ccccc32)cc1. The first kappa shape index (κ1) is 16.4. The van der Waals surface area contributed by atoms with Crippen LogP contribution < -0.4 is 10.5 Å². The van der Waals surface area contributed by atoms with Crippen molar-refractivity contribution >= 4 is 28.7 Å². The summed E-state index contributed by atoms with van der Waals surface area (Å²) in [4.78, 5) is 15.7. The fraction of sp³-hybridized carbons (Fsp3) is 0.222. The molecule has 0 aliphatic heterocycles. The molecule has 24 heavy (non-hydrogen) atoms. The number of amides is 1. The molecule has 0 bridgehead atoms. The van der Waals surface area contributed by atoms with E-state index in [2.05, 4.69) is 9.55 Å². The van der Waals surface area contributed by atoms with Crippen LogP contribution in [0.1, 0.15) is 13.3 Å². The van der Waals surface area contributed by atoms with Crippen molar-refractivity contribution in [2.45, 2.75) is 18.5 Å². The van der Waals surface area contributed by atoms with E-state index in [4.69, 9.17) is 10.5 Å². The van der Waals surface area contributed by atoms with Crippen molar-refractivity contribution in [3.8, 4) is 11.4 Å². The summed E-state index contributed by atoms with van der Waals surface area (Å²) in [5, 5.41) is 0.849. The van der Waals surface area contributed by atoms with Crippen molar-refractivity contribution in [2.24, 2.45) is 5.73 Å². The van der Waals surface area contributed by atoms with Gasteiger partial charge in [-0.25, -0.2) is 4.98 Å². The van der Waals surface area contributed by atoms with Crippen LogP contribution >= 0.6 is 11.8 Å². The second-order valence-corrected chi connectivity index (χ2v) is 6.27. The lowest BCUT2D eigenvalue weighted by molar-refractivity contribution is -0.117. The van der Waals surface area contributed by atoms with Gasteiger partial charge < -0.3 is 10.5 Å². The van der Waals surface area contributed by atoms with Crippen LogP contribution in [0, 0.1) is 0 Å². The summed E-state index contributed by atoms with van der Waals surface area (Å²) in [6.45, 7) is 2.60. The van der Waals surface area contributed by atoms with Gasteiger partial charge in [-0.15, -0.1) is 0 Å². The minimum Gasteiger partial charge on any atom is -0.494 e. The molecule has 0 radical (unpaired) electrons. The lowest BCUT2D eigenvalue weighted by atomic mass is 10.2. The molecule has 0 saturated carbocycles. The van der Waals surface area contributed by atoms with E-state index in [1.165, 1.54) is 11.8 Å². The summed E-state index contributed by atoms with van der Waals surface area (Å²) in [5.74, 6) is 1.15. The number of imidazole rings is 1. The Hall–Kier alpha value is -2.47. The van der Waals surface area contributed by atoms with E-state index in [1.807, 2.05) is 55.5 Å². The first-order valence-electron chi connectivity index (χ1n) is 7.81. The van der Waals surface area contributed by atoms with E-state index in [0.717, 1.165) is 27.6 Å². The molecule has 124 valence electrons. The van der Waals surface area contributed by atoms with Gasteiger partial charge in [0.1, 0.15) is 5.75 Å². The molecule has 0 fully saturated rings. The number of rotatable bonds is 7. The van der Waals surface area contributed by atoms with Gasteiger partial charge in [-0.2, -0.15) is 0 Å². The van der Waals surface area contributed by atoms with Crippen molar-refractivity contribution in [1.29, 1.82) is 0 Å².